The summed E-state index contributed by atoms with van der Waals surface area (Å²) in [5.74, 6) is 2.53. The van der Waals surface area contributed by atoms with Crippen LogP contribution >= 0.6 is 24.0 Å². The molecule has 2 N–H and O–H groups in total. The number of methoxy groups -OCH3 is 3. The molecule has 10 heteroatoms. The summed E-state index contributed by atoms with van der Waals surface area (Å²) in [6.45, 7) is 7.48. The number of hydrogen-bond donors (Lipinski definition) is 2. The van der Waals surface area contributed by atoms with Gasteiger partial charge in [-0.15, -0.1) is 24.0 Å². The van der Waals surface area contributed by atoms with Gasteiger partial charge in [0.05, 0.1) is 27.4 Å². The van der Waals surface area contributed by atoms with Gasteiger partial charge in [0.15, 0.2) is 17.5 Å². The number of benzene rings is 1. The summed E-state index contributed by atoms with van der Waals surface area (Å²) in [5.41, 5.74) is 0.400. The Labute approximate surface area is 201 Å². The lowest BCUT2D eigenvalue weighted by atomic mass is 10.1. The van der Waals surface area contributed by atoms with Crippen molar-refractivity contribution in [3.05, 3.63) is 17.7 Å². The predicted molar refractivity (Wildman–Crippen MR) is 131 cm³/mol. The lowest BCUT2D eigenvalue weighted by molar-refractivity contribution is 0.0507. The van der Waals surface area contributed by atoms with Crippen molar-refractivity contribution in [1.82, 2.24) is 15.5 Å². The number of amides is 1. The number of nitrogens with one attached hydrogen (secondary N) is 2. The van der Waals surface area contributed by atoms with Gasteiger partial charge >= 0.3 is 6.09 Å². The number of aliphatic imine (C=N–C) groups is 1. The molecule has 9 nitrogen and oxygen atoms in total. The molecule has 0 spiro atoms. The van der Waals surface area contributed by atoms with Gasteiger partial charge in [0.2, 0.25) is 5.75 Å². The molecule has 1 atom stereocenters. The molecule has 176 valence electrons. The molecule has 0 aromatic heterocycles. The van der Waals surface area contributed by atoms with Gasteiger partial charge in [0.25, 0.3) is 0 Å². The Morgan fingerprint density at radius 2 is 1.84 bits per heavy atom. The van der Waals surface area contributed by atoms with Crippen LogP contribution in [0.1, 0.15) is 32.8 Å². The summed E-state index contributed by atoms with van der Waals surface area (Å²) in [6.07, 6.45) is 0.423. The van der Waals surface area contributed by atoms with Crippen LogP contribution in [-0.4, -0.2) is 70.1 Å². The summed E-state index contributed by atoms with van der Waals surface area (Å²) >= 11 is 0. The summed E-state index contributed by atoms with van der Waals surface area (Å²) in [4.78, 5) is 18.5. The van der Waals surface area contributed by atoms with Crippen LogP contribution < -0.4 is 24.8 Å². The van der Waals surface area contributed by atoms with Crippen molar-refractivity contribution in [2.75, 3.05) is 41.5 Å². The second-order valence-electron chi connectivity index (χ2n) is 7.97. The molecule has 1 amide bonds. The monoisotopic (exact) mass is 550 g/mol. The van der Waals surface area contributed by atoms with Gasteiger partial charge < -0.3 is 34.5 Å². The van der Waals surface area contributed by atoms with Crippen LogP contribution in [0.5, 0.6) is 17.2 Å². The van der Waals surface area contributed by atoms with Crippen molar-refractivity contribution in [3.63, 3.8) is 0 Å². The summed E-state index contributed by atoms with van der Waals surface area (Å²) < 4.78 is 21.7. The maximum Gasteiger partial charge on any atom is 0.407 e. The molecule has 31 heavy (non-hydrogen) atoms. The fraction of sp³-hybridized carbons (Fsp3) is 0.619. The van der Waals surface area contributed by atoms with E-state index in [1.807, 2.05) is 32.9 Å². The van der Waals surface area contributed by atoms with Gasteiger partial charge in [0.1, 0.15) is 5.60 Å². The fourth-order valence-corrected chi connectivity index (χ4v) is 3.35. The first kappa shape index (κ1) is 26.9. The molecule has 2 rings (SSSR count). The van der Waals surface area contributed by atoms with Crippen molar-refractivity contribution >= 4 is 36.0 Å². The van der Waals surface area contributed by atoms with Crippen molar-refractivity contribution in [1.29, 1.82) is 0 Å². The number of guanidine groups is 1. The van der Waals surface area contributed by atoms with E-state index in [4.69, 9.17) is 18.9 Å². The van der Waals surface area contributed by atoms with Gasteiger partial charge in [-0.05, 0) is 39.3 Å². The highest BCUT2D eigenvalue weighted by atomic mass is 127. The van der Waals surface area contributed by atoms with Crippen molar-refractivity contribution in [3.8, 4) is 17.2 Å². The van der Waals surface area contributed by atoms with Crippen molar-refractivity contribution < 1.29 is 23.7 Å². The zero-order valence-corrected chi connectivity index (χ0v) is 21.7. The third-order valence-electron chi connectivity index (χ3n) is 4.64. The standard InChI is InChI=1S/C21H34N4O5.HI/c1-21(2,3)30-20(26)24-15-10-11-25(13-15)19(22-4)23-12-14-8-9-16(27-5)18(29-7)17(14)28-6;/h8-9,15H,10-13H2,1-7H3,(H,22,23)(H,24,26);1H. The second-order valence-corrected chi connectivity index (χ2v) is 7.97. The molecule has 1 fully saturated rings. The zero-order valence-electron chi connectivity index (χ0n) is 19.4. The number of rotatable bonds is 6. The Morgan fingerprint density at radius 1 is 1.16 bits per heavy atom. The maximum absolute atomic E-state index is 12.0. The number of carbonyl (C=O) groups excluding carboxylic acids is 1. The lowest BCUT2D eigenvalue weighted by Gasteiger charge is -2.24. The summed E-state index contributed by atoms with van der Waals surface area (Å²) in [6, 6.07) is 3.78. The van der Waals surface area contributed by atoms with Crippen LogP contribution in [0.15, 0.2) is 17.1 Å². The average Bonchev–Trinajstić information content (AvgIpc) is 3.14. The molecule has 1 heterocycles. The van der Waals surface area contributed by atoms with E-state index in [0.29, 0.717) is 30.3 Å². The van der Waals surface area contributed by atoms with E-state index in [-0.39, 0.29) is 30.0 Å². The van der Waals surface area contributed by atoms with Gasteiger partial charge in [-0.3, -0.25) is 4.99 Å². The predicted octanol–water partition coefficient (Wildman–Crippen LogP) is 3.00. The molecule has 1 aliphatic heterocycles. The number of alkyl carbamates (subject to hydrolysis) is 1. The van der Waals surface area contributed by atoms with E-state index in [1.54, 1.807) is 28.4 Å². The average molecular weight is 550 g/mol. The van der Waals surface area contributed by atoms with E-state index in [0.717, 1.165) is 24.5 Å². The summed E-state index contributed by atoms with van der Waals surface area (Å²) in [5, 5.41) is 6.29. The number of nitrogens with zero attached hydrogens (tertiary/aromatic N) is 2. The first-order valence-corrected chi connectivity index (χ1v) is 9.95. The van der Waals surface area contributed by atoms with Crippen LogP contribution in [0.25, 0.3) is 0 Å². The van der Waals surface area contributed by atoms with E-state index >= 15 is 0 Å². The second kappa shape index (κ2) is 12.1. The molecule has 0 aliphatic carbocycles. The molecule has 0 bridgehead atoms. The third kappa shape index (κ3) is 7.51. The highest BCUT2D eigenvalue weighted by Gasteiger charge is 2.28. The SMILES string of the molecule is CN=C(NCc1ccc(OC)c(OC)c1OC)N1CCC(NC(=O)OC(C)(C)C)C1.I. The number of hydrogen-bond acceptors (Lipinski definition) is 6. The van der Waals surface area contributed by atoms with E-state index < -0.39 is 11.7 Å². The quantitative estimate of drug-likeness (QED) is 0.320. The topological polar surface area (TPSA) is 93.7 Å². The Hall–Kier alpha value is -2.11. The normalized spacial score (nSPS) is 16.3. The van der Waals surface area contributed by atoms with E-state index in [1.165, 1.54) is 0 Å². The van der Waals surface area contributed by atoms with E-state index in [9.17, 15) is 4.79 Å². The third-order valence-corrected chi connectivity index (χ3v) is 4.64. The van der Waals surface area contributed by atoms with Gasteiger partial charge in [-0.25, -0.2) is 4.79 Å². The van der Waals surface area contributed by atoms with E-state index in [2.05, 4.69) is 20.5 Å². The highest BCUT2D eigenvalue weighted by molar-refractivity contribution is 14.0. The van der Waals surface area contributed by atoms with Crippen LogP contribution in [-0.2, 0) is 11.3 Å². The molecule has 1 aliphatic rings. The van der Waals surface area contributed by atoms with Gasteiger partial charge in [-0.2, -0.15) is 0 Å². The summed E-state index contributed by atoms with van der Waals surface area (Å²) in [7, 11) is 6.51. The molecule has 1 saturated heterocycles. The maximum atomic E-state index is 12.0. The molecule has 1 unspecified atom stereocenters. The Kier molecular flexibility index (Phi) is 10.5. The van der Waals surface area contributed by atoms with Crippen molar-refractivity contribution in [2.45, 2.75) is 45.4 Å². The zero-order chi connectivity index (χ0) is 22.3. The Morgan fingerprint density at radius 3 is 2.39 bits per heavy atom. The van der Waals surface area contributed by atoms with Crippen LogP contribution in [0.4, 0.5) is 4.79 Å². The molecular weight excluding hydrogens is 515 g/mol. The largest absolute Gasteiger partial charge is 0.493 e. The molecule has 1 aromatic rings. The van der Waals surface area contributed by atoms with Gasteiger partial charge in [0, 0.05) is 32.2 Å². The molecule has 1 aromatic carbocycles. The first-order chi connectivity index (χ1) is 14.2. The number of likely N-dealkylation sites (tertiary alicyclic amines) is 1. The first-order valence-electron chi connectivity index (χ1n) is 9.95. The smallest absolute Gasteiger partial charge is 0.407 e. The molecular formula is C21H35IN4O5. The number of carbonyl (C=O) groups is 1. The Balaban J connectivity index is 0.00000480. The van der Waals surface area contributed by atoms with Crippen LogP contribution in [0.3, 0.4) is 0 Å². The number of ether oxygens (including phenoxy) is 4. The van der Waals surface area contributed by atoms with Crippen molar-refractivity contribution in [2.24, 2.45) is 4.99 Å². The molecule has 0 radical (unpaired) electrons. The number of halogens is 1. The van der Waals surface area contributed by atoms with Crippen LogP contribution in [0.2, 0.25) is 0 Å². The minimum atomic E-state index is -0.515. The van der Waals surface area contributed by atoms with Gasteiger partial charge in [-0.1, -0.05) is 0 Å². The minimum absolute atomic E-state index is 0. The fourth-order valence-electron chi connectivity index (χ4n) is 3.35. The van der Waals surface area contributed by atoms with Crippen LogP contribution in [0, 0.1) is 0 Å². The highest BCUT2D eigenvalue weighted by Crippen LogP contribution is 2.39. The Bertz CT molecular complexity index is 767. The minimum Gasteiger partial charge on any atom is -0.493 e. The molecule has 0 saturated carbocycles. The lowest BCUT2D eigenvalue weighted by Crippen LogP contribution is -2.44.